The van der Waals surface area contributed by atoms with Crippen molar-refractivity contribution in [3.63, 3.8) is 0 Å². The standard InChI is InChI=1S/C20H28N2O2/c1-4-11-24-16-5-6-19-17(12-16)20(23)18(15(3)21-19)13-22-9-7-14(2)8-10-22/h5-6,12,14H,4,7-11,13H2,1-3H3,(H,21,23). The molecule has 0 unspecified atom stereocenters. The lowest BCUT2D eigenvalue weighted by molar-refractivity contribution is 0.184. The van der Waals surface area contributed by atoms with Crippen LogP contribution in [0.4, 0.5) is 0 Å². The fourth-order valence-corrected chi connectivity index (χ4v) is 3.37. The van der Waals surface area contributed by atoms with E-state index < -0.39 is 0 Å². The lowest BCUT2D eigenvalue weighted by Crippen LogP contribution is -2.34. The molecular formula is C20H28N2O2. The zero-order valence-electron chi connectivity index (χ0n) is 15.0. The van der Waals surface area contributed by atoms with Crippen LogP contribution in [0.5, 0.6) is 5.75 Å². The summed E-state index contributed by atoms with van der Waals surface area (Å²) in [5.41, 5.74) is 2.90. The van der Waals surface area contributed by atoms with E-state index in [1.54, 1.807) is 0 Å². The third-order valence-corrected chi connectivity index (χ3v) is 5.02. The number of fused-ring (bicyclic) bond motifs is 1. The number of piperidine rings is 1. The molecule has 0 saturated carbocycles. The number of nitrogens with one attached hydrogen (secondary N) is 1. The summed E-state index contributed by atoms with van der Waals surface area (Å²) in [5, 5.41) is 0.731. The molecule has 0 aliphatic carbocycles. The second kappa shape index (κ2) is 7.39. The number of benzene rings is 1. The van der Waals surface area contributed by atoms with Gasteiger partial charge in [0.2, 0.25) is 0 Å². The minimum absolute atomic E-state index is 0.141. The van der Waals surface area contributed by atoms with Gasteiger partial charge in [-0.1, -0.05) is 13.8 Å². The highest BCUT2D eigenvalue weighted by atomic mass is 16.5. The highest BCUT2D eigenvalue weighted by Gasteiger charge is 2.19. The van der Waals surface area contributed by atoms with Crippen LogP contribution in [0.1, 0.15) is 44.4 Å². The lowest BCUT2D eigenvalue weighted by Gasteiger charge is -2.30. The van der Waals surface area contributed by atoms with E-state index in [0.29, 0.717) is 6.61 Å². The van der Waals surface area contributed by atoms with Crippen LogP contribution in [0.15, 0.2) is 23.0 Å². The van der Waals surface area contributed by atoms with Crippen LogP contribution in [0.2, 0.25) is 0 Å². The number of rotatable bonds is 5. The number of hydrogen-bond donors (Lipinski definition) is 1. The molecule has 0 bridgehead atoms. The number of hydrogen-bond acceptors (Lipinski definition) is 3. The Hall–Kier alpha value is -1.81. The second-order valence-electron chi connectivity index (χ2n) is 7.07. The fourth-order valence-electron chi connectivity index (χ4n) is 3.37. The molecule has 2 aromatic rings. The van der Waals surface area contributed by atoms with Crippen molar-refractivity contribution in [3.8, 4) is 5.75 Å². The molecule has 0 radical (unpaired) electrons. The highest BCUT2D eigenvalue weighted by Crippen LogP contribution is 2.21. The van der Waals surface area contributed by atoms with Crippen LogP contribution in [0.3, 0.4) is 0 Å². The van der Waals surface area contributed by atoms with Crippen molar-refractivity contribution < 1.29 is 4.74 Å². The van der Waals surface area contributed by atoms with E-state index in [1.165, 1.54) is 12.8 Å². The summed E-state index contributed by atoms with van der Waals surface area (Å²) in [5.74, 6) is 1.58. The monoisotopic (exact) mass is 328 g/mol. The third kappa shape index (κ3) is 3.64. The maximum absolute atomic E-state index is 13.0. The molecule has 2 heterocycles. The van der Waals surface area contributed by atoms with Gasteiger partial charge in [-0.3, -0.25) is 9.69 Å². The summed E-state index contributed by atoms with van der Waals surface area (Å²) >= 11 is 0. The van der Waals surface area contributed by atoms with Crippen molar-refractivity contribution in [1.82, 2.24) is 9.88 Å². The number of aromatic nitrogens is 1. The van der Waals surface area contributed by atoms with Crippen molar-refractivity contribution in [2.45, 2.75) is 46.6 Å². The van der Waals surface area contributed by atoms with Gasteiger partial charge in [-0.2, -0.15) is 0 Å². The number of ether oxygens (including phenoxy) is 1. The summed E-state index contributed by atoms with van der Waals surface area (Å²) in [6.07, 6.45) is 3.40. The molecule has 0 spiro atoms. The average molecular weight is 328 g/mol. The summed E-state index contributed by atoms with van der Waals surface area (Å²) in [6.45, 7) is 9.97. The Morgan fingerprint density at radius 3 is 2.75 bits per heavy atom. The molecule has 1 aliphatic rings. The summed E-state index contributed by atoms with van der Waals surface area (Å²) in [7, 11) is 0. The van der Waals surface area contributed by atoms with E-state index >= 15 is 0 Å². The predicted octanol–water partition coefficient (Wildman–Crippen LogP) is 3.86. The smallest absolute Gasteiger partial charge is 0.194 e. The molecule has 0 amide bonds. The number of H-pyrrole nitrogens is 1. The lowest BCUT2D eigenvalue weighted by atomic mass is 9.98. The number of pyridine rings is 1. The molecule has 1 aromatic heterocycles. The first-order valence-corrected chi connectivity index (χ1v) is 9.09. The summed E-state index contributed by atoms with van der Waals surface area (Å²) in [6, 6.07) is 5.76. The van der Waals surface area contributed by atoms with Gasteiger partial charge >= 0.3 is 0 Å². The maximum Gasteiger partial charge on any atom is 0.194 e. The van der Waals surface area contributed by atoms with Crippen molar-refractivity contribution in [2.75, 3.05) is 19.7 Å². The largest absolute Gasteiger partial charge is 0.494 e. The fraction of sp³-hybridized carbons (Fsp3) is 0.550. The molecule has 3 rings (SSSR count). The number of likely N-dealkylation sites (tertiary alicyclic amines) is 1. The molecule has 4 heteroatoms. The Kier molecular flexibility index (Phi) is 5.24. The number of aromatic amines is 1. The zero-order chi connectivity index (χ0) is 17.1. The van der Waals surface area contributed by atoms with Crippen LogP contribution in [0, 0.1) is 12.8 Å². The van der Waals surface area contributed by atoms with Crippen molar-refractivity contribution in [1.29, 1.82) is 0 Å². The Morgan fingerprint density at radius 1 is 1.29 bits per heavy atom. The molecule has 1 N–H and O–H groups in total. The van der Waals surface area contributed by atoms with Gasteiger partial charge in [0.05, 0.1) is 6.61 Å². The molecule has 0 atom stereocenters. The molecule has 1 aromatic carbocycles. The van der Waals surface area contributed by atoms with Crippen molar-refractivity contribution >= 4 is 10.9 Å². The molecule has 1 aliphatic heterocycles. The van der Waals surface area contributed by atoms with Crippen molar-refractivity contribution in [2.24, 2.45) is 5.92 Å². The van der Waals surface area contributed by atoms with Crippen molar-refractivity contribution in [3.05, 3.63) is 39.7 Å². The van der Waals surface area contributed by atoms with Gasteiger partial charge < -0.3 is 9.72 Å². The normalized spacial score (nSPS) is 16.6. The quantitative estimate of drug-likeness (QED) is 0.906. The van der Waals surface area contributed by atoms with E-state index in [2.05, 4.69) is 23.7 Å². The minimum atomic E-state index is 0.141. The summed E-state index contributed by atoms with van der Waals surface area (Å²) in [4.78, 5) is 18.8. The minimum Gasteiger partial charge on any atom is -0.494 e. The SMILES string of the molecule is CCCOc1ccc2[nH]c(C)c(CN3CCC(C)CC3)c(=O)c2c1. The Morgan fingerprint density at radius 2 is 2.04 bits per heavy atom. The summed E-state index contributed by atoms with van der Waals surface area (Å²) < 4.78 is 5.69. The number of nitrogens with zero attached hydrogens (tertiary/aromatic N) is 1. The van der Waals surface area contributed by atoms with Gasteiger partial charge in [0, 0.05) is 28.7 Å². The van der Waals surface area contributed by atoms with E-state index in [9.17, 15) is 4.79 Å². The first-order valence-electron chi connectivity index (χ1n) is 9.09. The maximum atomic E-state index is 13.0. The molecule has 24 heavy (non-hydrogen) atoms. The van der Waals surface area contributed by atoms with Crippen LogP contribution in [-0.4, -0.2) is 29.6 Å². The van der Waals surface area contributed by atoms with Gasteiger partial charge in [0.25, 0.3) is 0 Å². The molecule has 1 saturated heterocycles. The van der Waals surface area contributed by atoms with Gasteiger partial charge in [0.1, 0.15) is 5.75 Å². The Bertz CT molecular complexity index is 758. The molecule has 130 valence electrons. The van der Waals surface area contributed by atoms with Gasteiger partial charge in [-0.25, -0.2) is 0 Å². The Labute approximate surface area is 143 Å². The first-order chi connectivity index (χ1) is 11.6. The molecule has 1 fully saturated rings. The molecular weight excluding hydrogens is 300 g/mol. The van der Waals surface area contributed by atoms with E-state index in [0.717, 1.165) is 59.9 Å². The molecule has 4 nitrogen and oxygen atoms in total. The first kappa shape index (κ1) is 17.0. The predicted molar refractivity (Wildman–Crippen MR) is 98.8 cm³/mol. The van der Waals surface area contributed by atoms with Crippen LogP contribution < -0.4 is 10.2 Å². The van der Waals surface area contributed by atoms with Gasteiger partial charge in [-0.05, 0) is 63.4 Å². The van der Waals surface area contributed by atoms with Crippen LogP contribution in [-0.2, 0) is 6.54 Å². The van der Waals surface area contributed by atoms with E-state index in [1.807, 2.05) is 25.1 Å². The average Bonchev–Trinajstić information content (AvgIpc) is 2.58. The zero-order valence-corrected chi connectivity index (χ0v) is 15.0. The van der Waals surface area contributed by atoms with Gasteiger partial charge in [0.15, 0.2) is 5.43 Å². The topological polar surface area (TPSA) is 45.3 Å². The van der Waals surface area contributed by atoms with Gasteiger partial charge in [-0.15, -0.1) is 0 Å². The third-order valence-electron chi connectivity index (χ3n) is 5.02. The number of aryl methyl sites for hydroxylation is 1. The Balaban J connectivity index is 1.90. The van der Waals surface area contributed by atoms with E-state index in [-0.39, 0.29) is 5.43 Å². The second-order valence-corrected chi connectivity index (χ2v) is 7.07. The van der Waals surface area contributed by atoms with Crippen LogP contribution >= 0.6 is 0 Å². The van der Waals surface area contributed by atoms with E-state index in [4.69, 9.17) is 4.74 Å². The van der Waals surface area contributed by atoms with Crippen LogP contribution in [0.25, 0.3) is 10.9 Å². The highest BCUT2D eigenvalue weighted by molar-refractivity contribution is 5.81.